The van der Waals surface area contributed by atoms with Crippen molar-refractivity contribution in [2.45, 2.75) is 19.4 Å². The van der Waals surface area contributed by atoms with Crippen molar-refractivity contribution in [3.05, 3.63) is 12.0 Å². The smallest absolute Gasteiger partial charge is 0.149 e. The van der Waals surface area contributed by atoms with E-state index in [0.29, 0.717) is 6.04 Å². The summed E-state index contributed by atoms with van der Waals surface area (Å²) >= 11 is 1.47. The van der Waals surface area contributed by atoms with E-state index in [9.17, 15) is 0 Å². The first-order chi connectivity index (χ1) is 8.84. The van der Waals surface area contributed by atoms with Crippen LogP contribution in [0.2, 0.25) is 0 Å². The summed E-state index contributed by atoms with van der Waals surface area (Å²) in [7, 11) is 0. The molecule has 0 aliphatic carbocycles. The molecule has 4 heterocycles. The van der Waals surface area contributed by atoms with Crippen molar-refractivity contribution in [3.8, 4) is 0 Å². The molecule has 0 radical (unpaired) electrons. The van der Waals surface area contributed by atoms with Gasteiger partial charge in [0.25, 0.3) is 0 Å². The zero-order valence-electron chi connectivity index (χ0n) is 10.3. The quantitative estimate of drug-likeness (QED) is 0.836. The first kappa shape index (κ1) is 10.6. The van der Waals surface area contributed by atoms with Crippen LogP contribution >= 0.6 is 11.5 Å². The highest BCUT2D eigenvalue weighted by molar-refractivity contribution is 7.13. The number of hydrogen-bond donors (Lipinski definition) is 1. The Balaban J connectivity index is 1.85. The summed E-state index contributed by atoms with van der Waals surface area (Å²) in [4.78, 5) is 12.3. The fourth-order valence-electron chi connectivity index (χ4n) is 3.23. The number of fused-ring (bicyclic) bond motifs is 2. The molecular formula is C12H15N5S. The second-order valence-corrected chi connectivity index (χ2v) is 5.87. The van der Waals surface area contributed by atoms with Crippen LogP contribution in [-0.4, -0.2) is 40.0 Å². The lowest BCUT2D eigenvalue weighted by atomic mass is 10.1. The molecule has 6 heteroatoms. The van der Waals surface area contributed by atoms with Gasteiger partial charge >= 0.3 is 0 Å². The van der Waals surface area contributed by atoms with Crippen molar-refractivity contribution >= 4 is 27.6 Å². The van der Waals surface area contributed by atoms with Crippen LogP contribution in [0.3, 0.4) is 0 Å². The molecule has 2 aromatic heterocycles. The van der Waals surface area contributed by atoms with Crippen molar-refractivity contribution in [1.82, 2.24) is 19.7 Å². The van der Waals surface area contributed by atoms with Gasteiger partial charge in [0.15, 0.2) is 0 Å². The van der Waals surface area contributed by atoms with Crippen LogP contribution in [0.4, 0.5) is 5.82 Å². The molecule has 2 fully saturated rings. The molecule has 0 saturated carbocycles. The van der Waals surface area contributed by atoms with E-state index in [-0.39, 0.29) is 0 Å². The Kier molecular flexibility index (Phi) is 2.28. The van der Waals surface area contributed by atoms with Crippen molar-refractivity contribution in [1.29, 1.82) is 0 Å². The van der Waals surface area contributed by atoms with Gasteiger partial charge in [0.2, 0.25) is 0 Å². The first-order valence-electron chi connectivity index (χ1n) is 6.39. The maximum atomic E-state index is 4.54. The van der Waals surface area contributed by atoms with Crippen LogP contribution in [0, 0.1) is 12.8 Å². The van der Waals surface area contributed by atoms with E-state index < -0.39 is 0 Å². The largest absolute Gasteiger partial charge is 0.351 e. The lowest BCUT2D eigenvalue weighted by Gasteiger charge is -2.24. The fraction of sp³-hybridized carbons (Fsp3) is 0.583. The molecule has 5 nitrogen and oxygen atoms in total. The van der Waals surface area contributed by atoms with Gasteiger partial charge in [-0.15, -0.1) is 0 Å². The van der Waals surface area contributed by atoms with Crippen molar-refractivity contribution < 1.29 is 0 Å². The molecule has 0 bridgehead atoms. The summed E-state index contributed by atoms with van der Waals surface area (Å²) in [6.45, 7) is 5.38. The normalized spacial score (nSPS) is 27.1. The Morgan fingerprint density at radius 3 is 3.28 bits per heavy atom. The standard InChI is InChI=1S/C12H15N5S/c1-7-10-11(14-6-15-12(10)18-16-7)17-3-2-8-4-13-5-9(8)17/h6,8-9,13H,2-5H2,1H3/t8-,9+/m0/s1. The first-order valence-corrected chi connectivity index (χ1v) is 7.16. The van der Waals surface area contributed by atoms with Gasteiger partial charge in [0.05, 0.1) is 11.1 Å². The average Bonchev–Trinajstić information content (AvgIpc) is 3.04. The van der Waals surface area contributed by atoms with E-state index in [1.165, 1.54) is 18.0 Å². The molecule has 2 aliphatic heterocycles. The maximum absolute atomic E-state index is 4.54. The predicted molar refractivity (Wildman–Crippen MR) is 72.1 cm³/mol. The molecule has 94 valence electrons. The number of aromatic nitrogens is 3. The van der Waals surface area contributed by atoms with Gasteiger partial charge in [-0.3, -0.25) is 0 Å². The molecule has 0 amide bonds. The van der Waals surface area contributed by atoms with Gasteiger partial charge in [0, 0.05) is 25.7 Å². The fourth-order valence-corrected chi connectivity index (χ4v) is 3.97. The number of hydrogen-bond acceptors (Lipinski definition) is 6. The summed E-state index contributed by atoms with van der Waals surface area (Å²) in [5.41, 5.74) is 1.06. The lowest BCUT2D eigenvalue weighted by Crippen LogP contribution is -2.34. The minimum atomic E-state index is 0.599. The average molecular weight is 261 g/mol. The van der Waals surface area contributed by atoms with Gasteiger partial charge in [-0.2, -0.15) is 4.37 Å². The van der Waals surface area contributed by atoms with Crippen LogP contribution in [-0.2, 0) is 0 Å². The molecule has 18 heavy (non-hydrogen) atoms. The number of rotatable bonds is 1. The van der Waals surface area contributed by atoms with E-state index in [2.05, 4.69) is 24.6 Å². The summed E-state index contributed by atoms with van der Waals surface area (Å²) in [6.07, 6.45) is 2.94. The summed E-state index contributed by atoms with van der Waals surface area (Å²) < 4.78 is 4.41. The van der Waals surface area contributed by atoms with Gasteiger partial charge in [-0.25, -0.2) is 9.97 Å². The van der Waals surface area contributed by atoms with Crippen molar-refractivity contribution in [2.75, 3.05) is 24.5 Å². The molecule has 0 aromatic carbocycles. The Morgan fingerprint density at radius 1 is 1.39 bits per heavy atom. The highest BCUT2D eigenvalue weighted by Crippen LogP contribution is 2.35. The van der Waals surface area contributed by atoms with Crippen molar-refractivity contribution in [3.63, 3.8) is 0 Å². The molecule has 0 spiro atoms. The Morgan fingerprint density at radius 2 is 2.33 bits per heavy atom. The number of anilines is 1. The van der Waals surface area contributed by atoms with Crippen LogP contribution < -0.4 is 10.2 Å². The third-order valence-corrected chi connectivity index (χ3v) is 4.99. The van der Waals surface area contributed by atoms with Gasteiger partial charge in [-0.05, 0) is 30.8 Å². The number of aryl methyl sites for hydroxylation is 1. The topological polar surface area (TPSA) is 53.9 Å². The monoisotopic (exact) mass is 261 g/mol. The van der Waals surface area contributed by atoms with Crippen LogP contribution in [0.25, 0.3) is 10.2 Å². The van der Waals surface area contributed by atoms with Gasteiger partial charge in [-0.1, -0.05) is 0 Å². The molecule has 4 rings (SSSR count). The number of nitrogens with zero attached hydrogens (tertiary/aromatic N) is 4. The predicted octanol–water partition coefficient (Wildman–Crippen LogP) is 1.19. The summed E-state index contributed by atoms with van der Waals surface area (Å²) in [5.74, 6) is 1.87. The molecule has 2 atom stereocenters. The van der Waals surface area contributed by atoms with E-state index in [0.717, 1.165) is 47.3 Å². The SMILES string of the molecule is Cc1nsc2ncnc(N3CC[C@H]4CNC[C@H]43)c12. The Labute approximate surface area is 109 Å². The maximum Gasteiger partial charge on any atom is 0.149 e. The lowest BCUT2D eigenvalue weighted by molar-refractivity contribution is 0.578. The van der Waals surface area contributed by atoms with Crippen LogP contribution in [0.1, 0.15) is 12.1 Å². The van der Waals surface area contributed by atoms with Crippen molar-refractivity contribution in [2.24, 2.45) is 5.92 Å². The number of nitrogens with one attached hydrogen (secondary N) is 1. The molecule has 1 N–H and O–H groups in total. The van der Waals surface area contributed by atoms with E-state index in [1.54, 1.807) is 6.33 Å². The third kappa shape index (κ3) is 1.39. The second kappa shape index (κ2) is 3.86. The Hall–Kier alpha value is -1.27. The molecule has 2 aliphatic rings. The second-order valence-electron chi connectivity index (χ2n) is 5.11. The summed E-state index contributed by atoms with van der Waals surface area (Å²) in [6, 6.07) is 0.599. The molecular weight excluding hydrogens is 246 g/mol. The molecule has 0 unspecified atom stereocenters. The summed E-state index contributed by atoms with van der Waals surface area (Å²) in [5, 5.41) is 4.63. The van der Waals surface area contributed by atoms with Crippen LogP contribution in [0.5, 0.6) is 0 Å². The van der Waals surface area contributed by atoms with Gasteiger partial charge in [0.1, 0.15) is 17.0 Å². The minimum Gasteiger partial charge on any atom is -0.351 e. The third-order valence-electron chi connectivity index (χ3n) is 4.14. The van der Waals surface area contributed by atoms with Gasteiger partial charge < -0.3 is 10.2 Å². The molecule has 2 saturated heterocycles. The van der Waals surface area contributed by atoms with E-state index in [4.69, 9.17) is 0 Å². The zero-order valence-corrected chi connectivity index (χ0v) is 11.1. The highest BCUT2D eigenvalue weighted by atomic mass is 32.1. The van der Waals surface area contributed by atoms with Crippen LogP contribution in [0.15, 0.2) is 6.33 Å². The zero-order chi connectivity index (χ0) is 12.1. The van der Waals surface area contributed by atoms with E-state index >= 15 is 0 Å². The Bertz CT molecular complexity index is 595. The highest BCUT2D eigenvalue weighted by Gasteiger charge is 2.39. The minimum absolute atomic E-state index is 0.599. The molecule has 2 aromatic rings. The van der Waals surface area contributed by atoms with E-state index in [1.807, 2.05) is 6.92 Å².